The third-order valence-corrected chi connectivity index (χ3v) is 6.52. The molecule has 1 N–H and O–H groups in total. The van der Waals surface area contributed by atoms with Crippen molar-refractivity contribution in [2.45, 2.75) is 18.9 Å². The molecule has 2 amide bonds. The van der Waals surface area contributed by atoms with E-state index in [1.165, 1.54) is 5.56 Å². The Hall–Kier alpha value is -4.38. The zero-order valence-electron chi connectivity index (χ0n) is 20.0. The number of likely N-dealkylation sites (tertiary alicyclic amines) is 1. The van der Waals surface area contributed by atoms with E-state index in [4.69, 9.17) is 4.74 Å². The summed E-state index contributed by atoms with van der Waals surface area (Å²) in [7, 11) is 0. The van der Waals surface area contributed by atoms with Crippen LogP contribution < -0.4 is 10.1 Å². The molecule has 5 heteroatoms. The topological polar surface area (TPSA) is 58.6 Å². The molecule has 1 fully saturated rings. The summed E-state index contributed by atoms with van der Waals surface area (Å²) in [5.41, 5.74) is 3.84. The molecule has 1 saturated heterocycles. The summed E-state index contributed by atoms with van der Waals surface area (Å²) in [6.07, 6.45) is 0.934. The van der Waals surface area contributed by atoms with Crippen LogP contribution in [-0.4, -0.2) is 29.8 Å². The maximum absolute atomic E-state index is 13.4. The van der Waals surface area contributed by atoms with Crippen molar-refractivity contribution >= 4 is 17.5 Å². The van der Waals surface area contributed by atoms with E-state index in [-0.39, 0.29) is 11.8 Å². The van der Waals surface area contributed by atoms with Crippen molar-refractivity contribution < 1.29 is 14.3 Å². The molecule has 0 radical (unpaired) electrons. The summed E-state index contributed by atoms with van der Waals surface area (Å²) in [5.74, 6) is 0.690. The summed E-state index contributed by atoms with van der Waals surface area (Å²) in [5, 5.41) is 2.92. The van der Waals surface area contributed by atoms with Crippen molar-refractivity contribution in [3.05, 3.63) is 131 Å². The van der Waals surface area contributed by atoms with Gasteiger partial charge < -0.3 is 15.0 Å². The highest BCUT2D eigenvalue weighted by Gasteiger charge is 2.29. The van der Waals surface area contributed by atoms with Crippen LogP contribution in [0.3, 0.4) is 0 Å². The van der Waals surface area contributed by atoms with Crippen LogP contribution in [-0.2, 0) is 6.61 Å². The average molecular weight is 477 g/mol. The standard InChI is InChI=1S/C31H28N2O3/c34-30(25-15-17-27(18-16-25)36-22-23-9-3-1-4-10-23)32-29-14-8-7-13-28(29)31(35)33-20-19-26(21-33)24-11-5-2-6-12-24/h1-18,26H,19-22H2,(H,32,34). The molecular formula is C31H28N2O3. The van der Waals surface area contributed by atoms with Crippen LogP contribution in [0.25, 0.3) is 0 Å². The Morgan fingerprint density at radius 1 is 0.806 bits per heavy atom. The highest BCUT2D eigenvalue weighted by molar-refractivity contribution is 6.09. The van der Waals surface area contributed by atoms with E-state index in [0.717, 1.165) is 12.0 Å². The number of ether oxygens (including phenoxy) is 1. The SMILES string of the molecule is O=C(Nc1ccccc1C(=O)N1CCC(c2ccccc2)C1)c1ccc(OCc2ccccc2)cc1. The van der Waals surface area contributed by atoms with Crippen molar-refractivity contribution in [2.24, 2.45) is 0 Å². The third-order valence-electron chi connectivity index (χ3n) is 6.52. The van der Waals surface area contributed by atoms with Gasteiger partial charge in [0.1, 0.15) is 12.4 Å². The van der Waals surface area contributed by atoms with E-state index < -0.39 is 0 Å². The van der Waals surface area contributed by atoms with Gasteiger partial charge >= 0.3 is 0 Å². The van der Waals surface area contributed by atoms with Crippen molar-refractivity contribution in [3.63, 3.8) is 0 Å². The van der Waals surface area contributed by atoms with E-state index >= 15 is 0 Å². The predicted molar refractivity (Wildman–Crippen MR) is 141 cm³/mol. The van der Waals surface area contributed by atoms with Gasteiger partial charge in [0, 0.05) is 24.6 Å². The van der Waals surface area contributed by atoms with Crippen LogP contribution in [0.2, 0.25) is 0 Å². The van der Waals surface area contributed by atoms with E-state index in [9.17, 15) is 9.59 Å². The quantitative estimate of drug-likeness (QED) is 0.348. The first-order chi connectivity index (χ1) is 17.7. The van der Waals surface area contributed by atoms with Gasteiger partial charge in [0.05, 0.1) is 11.3 Å². The summed E-state index contributed by atoms with van der Waals surface area (Å²) in [6.45, 7) is 1.84. The van der Waals surface area contributed by atoms with Crippen LogP contribution in [0.15, 0.2) is 109 Å². The number of hydrogen-bond donors (Lipinski definition) is 1. The van der Waals surface area contributed by atoms with Gasteiger partial charge in [0.25, 0.3) is 11.8 Å². The zero-order valence-corrected chi connectivity index (χ0v) is 20.0. The molecule has 5 nitrogen and oxygen atoms in total. The molecule has 1 heterocycles. The van der Waals surface area contributed by atoms with Gasteiger partial charge in [-0.2, -0.15) is 0 Å². The first kappa shape index (κ1) is 23.4. The molecule has 1 unspecified atom stereocenters. The second kappa shape index (κ2) is 10.9. The Bertz CT molecular complexity index is 1320. The molecule has 1 aliphatic heterocycles. The number of amides is 2. The van der Waals surface area contributed by atoms with Gasteiger partial charge in [-0.1, -0.05) is 72.8 Å². The average Bonchev–Trinajstić information content (AvgIpc) is 3.44. The van der Waals surface area contributed by atoms with Gasteiger partial charge in [0.2, 0.25) is 0 Å². The second-order valence-electron chi connectivity index (χ2n) is 8.95. The molecule has 1 atom stereocenters. The number of hydrogen-bond acceptors (Lipinski definition) is 3. The molecule has 36 heavy (non-hydrogen) atoms. The molecule has 0 aliphatic carbocycles. The van der Waals surface area contributed by atoms with Crippen LogP contribution in [0.5, 0.6) is 5.75 Å². The Morgan fingerprint density at radius 2 is 1.47 bits per heavy atom. The van der Waals surface area contributed by atoms with Crippen molar-refractivity contribution in [2.75, 3.05) is 18.4 Å². The van der Waals surface area contributed by atoms with E-state index in [1.807, 2.05) is 65.6 Å². The van der Waals surface area contributed by atoms with Gasteiger partial charge in [-0.25, -0.2) is 0 Å². The summed E-state index contributed by atoms with van der Waals surface area (Å²) < 4.78 is 5.81. The van der Waals surface area contributed by atoms with Crippen LogP contribution >= 0.6 is 0 Å². The van der Waals surface area contributed by atoms with E-state index in [1.54, 1.807) is 36.4 Å². The van der Waals surface area contributed by atoms with Crippen molar-refractivity contribution in [1.29, 1.82) is 0 Å². The van der Waals surface area contributed by atoms with E-state index in [0.29, 0.717) is 48.2 Å². The first-order valence-corrected chi connectivity index (χ1v) is 12.2. The number of para-hydroxylation sites is 1. The lowest BCUT2D eigenvalue weighted by Crippen LogP contribution is -2.29. The lowest BCUT2D eigenvalue weighted by Gasteiger charge is -2.19. The van der Waals surface area contributed by atoms with Crippen molar-refractivity contribution in [1.82, 2.24) is 4.90 Å². The Morgan fingerprint density at radius 3 is 2.22 bits per heavy atom. The molecule has 1 aliphatic rings. The molecule has 4 aromatic rings. The minimum Gasteiger partial charge on any atom is -0.489 e. The lowest BCUT2D eigenvalue weighted by atomic mass is 9.99. The molecule has 180 valence electrons. The van der Waals surface area contributed by atoms with Gasteiger partial charge in [0.15, 0.2) is 0 Å². The zero-order chi connectivity index (χ0) is 24.7. The van der Waals surface area contributed by atoms with Crippen molar-refractivity contribution in [3.8, 4) is 5.75 Å². The van der Waals surface area contributed by atoms with Gasteiger partial charge in [-0.15, -0.1) is 0 Å². The molecule has 5 rings (SSSR count). The minimum atomic E-state index is -0.270. The second-order valence-corrected chi connectivity index (χ2v) is 8.95. The maximum Gasteiger partial charge on any atom is 0.255 e. The molecule has 0 saturated carbocycles. The minimum absolute atomic E-state index is 0.0611. The summed E-state index contributed by atoms with van der Waals surface area (Å²) >= 11 is 0. The Balaban J connectivity index is 1.23. The Kier molecular flexibility index (Phi) is 7.08. The fourth-order valence-corrected chi connectivity index (χ4v) is 4.53. The number of nitrogens with zero attached hydrogens (tertiary/aromatic N) is 1. The first-order valence-electron chi connectivity index (χ1n) is 12.2. The molecular weight excluding hydrogens is 448 g/mol. The number of rotatable bonds is 7. The fourth-order valence-electron chi connectivity index (χ4n) is 4.53. The number of benzene rings is 4. The summed E-state index contributed by atoms with van der Waals surface area (Å²) in [4.78, 5) is 28.2. The van der Waals surface area contributed by atoms with Crippen LogP contribution in [0.4, 0.5) is 5.69 Å². The predicted octanol–water partition coefficient (Wildman–Crippen LogP) is 6.15. The highest BCUT2D eigenvalue weighted by Crippen LogP contribution is 2.29. The monoisotopic (exact) mass is 476 g/mol. The van der Waals surface area contributed by atoms with Crippen LogP contribution in [0.1, 0.15) is 44.2 Å². The van der Waals surface area contributed by atoms with Gasteiger partial charge in [-0.05, 0) is 53.9 Å². The third kappa shape index (κ3) is 5.47. The van der Waals surface area contributed by atoms with E-state index in [2.05, 4.69) is 17.4 Å². The summed E-state index contributed by atoms with van der Waals surface area (Å²) in [6, 6.07) is 34.4. The smallest absolute Gasteiger partial charge is 0.255 e. The van der Waals surface area contributed by atoms with Gasteiger partial charge in [-0.3, -0.25) is 9.59 Å². The molecule has 0 aromatic heterocycles. The number of carbonyl (C=O) groups excluding carboxylic acids is 2. The highest BCUT2D eigenvalue weighted by atomic mass is 16.5. The largest absolute Gasteiger partial charge is 0.489 e. The van der Waals surface area contributed by atoms with Crippen LogP contribution in [0, 0.1) is 0 Å². The normalized spacial score (nSPS) is 14.9. The lowest BCUT2D eigenvalue weighted by molar-refractivity contribution is 0.0792. The number of carbonyl (C=O) groups is 2. The maximum atomic E-state index is 13.4. The molecule has 0 bridgehead atoms. The number of anilines is 1. The molecule has 4 aromatic carbocycles. The molecule has 0 spiro atoms. The fraction of sp³-hybridized carbons (Fsp3) is 0.161. The number of nitrogens with one attached hydrogen (secondary N) is 1. The Labute approximate surface area is 211 Å².